The molecule has 0 aliphatic rings. The van der Waals surface area contributed by atoms with E-state index in [-0.39, 0.29) is 12.5 Å². The van der Waals surface area contributed by atoms with Gasteiger partial charge >= 0.3 is 5.97 Å². The Morgan fingerprint density at radius 1 is 1.13 bits per heavy atom. The second kappa shape index (κ2) is 6.44. The number of hydrogen-bond acceptors (Lipinski definition) is 5. The quantitative estimate of drug-likeness (QED) is 0.687. The zero-order chi connectivity index (χ0) is 16.2. The fourth-order valence-electron chi connectivity index (χ4n) is 2.23. The summed E-state index contributed by atoms with van der Waals surface area (Å²) >= 11 is 0. The monoisotopic (exact) mass is 308 g/mol. The van der Waals surface area contributed by atoms with Gasteiger partial charge < -0.3 is 9.26 Å². The summed E-state index contributed by atoms with van der Waals surface area (Å²) in [6.45, 7) is 3.85. The van der Waals surface area contributed by atoms with Crippen LogP contribution in [0.15, 0.2) is 53.1 Å². The van der Waals surface area contributed by atoms with Crippen LogP contribution in [0.4, 0.5) is 0 Å². The van der Waals surface area contributed by atoms with Crippen LogP contribution in [0.25, 0.3) is 11.4 Å². The number of ether oxygens (including phenoxy) is 1. The van der Waals surface area contributed by atoms with Crippen LogP contribution in [0.3, 0.4) is 0 Å². The molecular weight excluding hydrogens is 292 g/mol. The van der Waals surface area contributed by atoms with Crippen molar-refractivity contribution in [2.75, 3.05) is 0 Å². The number of aromatic nitrogens is 2. The highest BCUT2D eigenvalue weighted by Gasteiger charge is 2.13. The fourth-order valence-corrected chi connectivity index (χ4v) is 2.23. The van der Waals surface area contributed by atoms with Crippen LogP contribution < -0.4 is 0 Å². The minimum Gasteiger partial charge on any atom is -0.452 e. The molecule has 3 aromatic rings. The Balaban J connectivity index is 1.68. The second-order valence-corrected chi connectivity index (χ2v) is 5.27. The van der Waals surface area contributed by atoms with E-state index in [1.807, 2.05) is 50.2 Å². The van der Waals surface area contributed by atoms with E-state index in [1.165, 1.54) is 0 Å². The Morgan fingerprint density at radius 3 is 2.74 bits per heavy atom. The van der Waals surface area contributed by atoms with E-state index in [0.717, 1.165) is 16.7 Å². The highest BCUT2D eigenvalue weighted by Crippen LogP contribution is 2.20. The highest BCUT2D eigenvalue weighted by molar-refractivity contribution is 5.89. The molecule has 0 radical (unpaired) electrons. The van der Waals surface area contributed by atoms with Crippen molar-refractivity contribution in [2.45, 2.75) is 20.5 Å². The molecule has 3 rings (SSSR count). The first-order valence-corrected chi connectivity index (χ1v) is 7.26. The molecule has 0 N–H and O–H groups in total. The number of hydrogen-bond donors (Lipinski definition) is 0. The van der Waals surface area contributed by atoms with Gasteiger partial charge in [0.05, 0.1) is 5.56 Å². The minimum atomic E-state index is -0.413. The first kappa shape index (κ1) is 15.0. The Kier molecular flexibility index (Phi) is 4.19. The zero-order valence-corrected chi connectivity index (χ0v) is 12.9. The second-order valence-electron chi connectivity index (χ2n) is 5.27. The summed E-state index contributed by atoms with van der Waals surface area (Å²) in [6, 6.07) is 15.0. The topological polar surface area (TPSA) is 65.2 Å². The molecule has 1 aromatic heterocycles. The fraction of sp³-hybridized carbons (Fsp3) is 0.167. The number of esters is 1. The molecule has 5 heteroatoms. The molecule has 0 atom stereocenters. The molecule has 0 spiro atoms. The highest BCUT2D eigenvalue weighted by atomic mass is 16.6. The Morgan fingerprint density at radius 2 is 1.96 bits per heavy atom. The molecule has 0 aliphatic carbocycles. The summed E-state index contributed by atoms with van der Waals surface area (Å²) in [5.41, 5.74) is 3.45. The third kappa shape index (κ3) is 3.45. The molecule has 23 heavy (non-hydrogen) atoms. The van der Waals surface area contributed by atoms with Crippen molar-refractivity contribution >= 4 is 5.97 Å². The summed E-state index contributed by atoms with van der Waals surface area (Å²) in [7, 11) is 0. The zero-order valence-electron chi connectivity index (χ0n) is 12.9. The predicted molar refractivity (Wildman–Crippen MR) is 84.8 cm³/mol. The number of benzene rings is 2. The maximum absolute atomic E-state index is 12.0. The van der Waals surface area contributed by atoms with Crippen LogP contribution in [0, 0.1) is 13.8 Å². The summed E-state index contributed by atoms with van der Waals surface area (Å²) in [4.78, 5) is 16.3. The average molecular weight is 308 g/mol. The Hall–Kier alpha value is -2.95. The molecule has 5 nitrogen and oxygen atoms in total. The lowest BCUT2D eigenvalue weighted by molar-refractivity contribution is 0.0429. The first-order chi connectivity index (χ1) is 11.1. The number of nitrogens with zero attached hydrogens (tertiary/aromatic N) is 2. The summed E-state index contributed by atoms with van der Waals surface area (Å²) in [5.74, 6) is 0.346. The standard InChI is InChI=1S/C18H16N2O3/c1-12-6-5-8-14(10-12)18(21)22-11-16-19-17(20-23-16)15-9-4-3-7-13(15)2/h3-10H,11H2,1-2H3. The molecule has 0 aliphatic heterocycles. The van der Waals surface area contributed by atoms with Gasteiger partial charge in [-0.3, -0.25) is 0 Å². The number of carbonyl (C=O) groups excluding carboxylic acids is 1. The van der Waals surface area contributed by atoms with Gasteiger partial charge in [0.1, 0.15) is 0 Å². The van der Waals surface area contributed by atoms with Gasteiger partial charge in [-0.1, -0.05) is 47.1 Å². The molecule has 0 amide bonds. The summed E-state index contributed by atoms with van der Waals surface area (Å²) in [6.07, 6.45) is 0. The molecule has 0 fully saturated rings. The molecule has 0 unspecified atom stereocenters. The normalized spacial score (nSPS) is 10.5. The van der Waals surface area contributed by atoms with Crippen molar-refractivity contribution in [3.8, 4) is 11.4 Å². The van der Waals surface area contributed by atoms with E-state index in [0.29, 0.717) is 11.4 Å². The number of rotatable bonds is 4. The van der Waals surface area contributed by atoms with Crippen LogP contribution in [0.2, 0.25) is 0 Å². The van der Waals surface area contributed by atoms with Gasteiger partial charge in [-0.15, -0.1) is 0 Å². The van der Waals surface area contributed by atoms with E-state index >= 15 is 0 Å². The maximum atomic E-state index is 12.0. The Labute approximate surface area is 133 Å². The molecule has 2 aromatic carbocycles. The van der Waals surface area contributed by atoms with Crippen LogP contribution in [0.1, 0.15) is 27.4 Å². The lowest BCUT2D eigenvalue weighted by Crippen LogP contribution is -2.05. The predicted octanol–water partition coefficient (Wildman–Crippen LogP) is 3.71. The van der Waals surface area contributed by atoms with Crippen LogP contribution in [0.5, 0.6) is 0 Å². The molecule has 0 saturated heterocycles. The van der Waals surface area contributed by atoms with Crippen molar-refractivity contribution in [3.05, 3.63) is 71.1 Å². The molecular formula is C18H16N2O3. The minimum absolute atomic E-state index is 0.0499. The van der Waals surface area contributed by atoms with Gasteiger partial charge in [0.25, 0.3) is 5.89 Å². The third-order valence-electron chi connectivity index (χ3n) is 3.43. The van der Waals surface area contributed by atoms with E-state index in [1.54, 1.807) is 12.1 Å². The smallest absolute Gasteiger partial charge is 0.338 e. The molecule has 1 heterocycles. The lowest BCUT2D eigenvalue weighted by atomic mass is 10.1. The van der Waals surface area contributed by atoms with Gasteiger partial charge in [-0.05, 0) is 31.5 Å². The van der Waals surface area contributed by atoms with Crippen LogP contribution in [-0.2, 0) is 11.3 Å². The molecule has 0 bridgehead atoms. The summed E-state index contributed by atoms with van der Waals surface area (Å²) in [5, 5.41) is 3.93. The van der Waals surface area contributed by atoms with Gasteiger partial charge in [-0.2, -0.15) is 4.98 Å². The number of aryl methyl sites for hydroxylation is 2. The van der Waals surface area contributed by atoms with Crippen molar-refractivity contribution in [1.29, 1.82) is 0 Å². The van der Waals surface area contributed by atoms with Crippen molar-refractivity contribution in [2.24, 2.45) is 0 Å². The van der Waals surface area contributed by atoms with Crippen molar-refractivity contribution in [3.63, 3.8) is 0 Å². The van der Waals surface area contributed by atoms with Gasteiger partial charge in [-0.25, -0.2) is 4.79 Å². The van der Waals surface area contributed by atoms with Crippen LogP contribution in [-0.4, -0.2) is 16.1 Å². The van der Waals surface area contributed by atoms with E-state index in [4.69, 9.17) is 9.26 Å². The van der Waals surface area contributed by atoms with Gasteiger partial charge in [0.2, 0.25) is 5.82 Å². The van der Waals surface area contributed by atoms with E-state index < -0.39 is 5.97 Å². The van der Waals surface area contributed by atoms with Gasteiger partial charge in [0, 0.05) is 5.56 Å². The van der Waals surface area contributed by atoms with Crippen LogP contribution >= 0.6 is 0 Å². The summed E-state index contributed by atoms with van der Waals surface area (Å²) < 4.78 is 10.4. The molecule has 116 valence electrons. The SMILES string of the molecule is Cc1cccc(C(=O)OCc2nc(-c3ccccc3C)no2)c1. The first-order valence-electron chi connectivity index (χ1n) is 7.26. The third-order valence-corrected chi connectivity index (χ3v) is 3.43. The van der Waals surface area contributed by atoms with Gasteiger partial charge in [0.15, 0.2) is 6.61 Å². The molecule has 0 saturated carbocycles. The van der Waals surface area contributed by atoms with Crippen molar-refractivity contribution < 1.29 is 14.1 Å². The maximum Gasteiger partial charge on any atom is 0.338 e. The number of carbonyl (C=O) groups is 1. The Bertz CT molecular complexity index is 840. The average Bonchev–Trinajstić information content (AvgIpc) is 3.02. The van der Waals surface area contributed by atoms with E-state index in [9.17, 15) is 4.79 Å². The lowest BCUT2D eigenvalue weighted by Gasteiger charge is -2.02. The largest absolute Gasteiger partial charge is 0.452 e. The van der Waals surface area contributed by atoms with Crippen molar-refractivity contribution in [1.82, 2.24) is 10.1 Å². The van der Waals surface area contributed by atoms with E-state index in [2.05, 4.69) is 10.1 Å².